The van der Waals surface area contributed by atoms with Gasteiger partial charge < -0.3 is 15.0 Å². The van der Waals surface area contributed by atoms with E-state index in [1.165, 1.54) is 12.1 Å². The van der Waals surface area contributed by atoms with E-state index in [1.54, 1.807) is 18.2 Å². The third-order valence-electron chi connectivity index (χ3n) is 4.98. The Hall–Kier alpha value is -2.71. The van der Waals surface area contributed by atoms with Crippen molar-refractivity contribution in [2.24, 2.45) is 0 Å². The van der Waals surface area contributed by atoms with Crippen molar-refractivity contribution in [3.05, 3.63) is 52.6 Å². The molecule has 1 saturated heterocycles. The molecular weight excluding hydrogens is 404 g/mol. The van der Waals surface area contributed by atoms with Crippen LogP contribution in [0.4, 0.5) is 20.2 Å². The van der Waals surface area contributed by atoms with E-state index < -0.39 is 16.7 Å². The maximum absolute atomic E-state index is 13.7. The van der Waals surface area contributed by atoms with Crippen molar-refractivity contribution in [1.29, 1.82) is 0 Å². The maximum atomic E-state index is 13.7. The first-order valence-corrected chi connectivity index (χ1v) is 9.52. The van der Waals surface area contributed by atoms with Crippen molar-refractivity contribution in [2.75, 3.05) is 42.9 Å². The van der Waals surface area contributed by atoms with Gasteiger partial charge in [-0.05, 0) is 18.2 Å². The molecule has 2 aliphatic rings. The van der Waals surface area contributed by atoms with Crippen molar-refractivity contribution in [2.45, 2.75) is 6.42 Å². The molecule has 0 spiro atoms. The Labute approximate surface area is 171 Å². The van der Waals surface area contributed by atoms with Crippen molar-refractivity contribution in [3.8, 4) is 5.75 Å². The number of nitrogens with one attached hydrogen (secondary N) is 1. The molecule has 0 saturated carbocycles. The third-order valence-corrected chi connectivity index (χ3v) is 5.34. The van der Waals surface area contributed by atoms with Crippen molar-refractivity contribution in [3.63, 3.8) is 0 Å². The quantitative estimate of drug-likeness (QED) is 0.467. The fourth-order valence-electron chi connectivity index (χ4n) is 3.48. The fourth-order valence-corrected chi connectivity index (χ4v) is 3.59. The molecular formula is C20H18ClF2N3O3. The van der Waals surface area contributed by atoms with Crippen LogP contribution >= 0.6 is 11.6 Å². The summed E-state index contributed by atoms with van der Waals surface area (Å²) >= 11 is 5.53. The minimum atomic E-state index is -0.788. The van der Waals surface area contributed by atoms with E-state index in [2.05, 4.69) is 5.32 Å². The van der Waals surface area contributed by atoms with E-state index in [9.17, 15) is 18.4 Å². The fraction of sp³-hybridized carbons (Fsp3) is 0.300. The number of nitrogens with zero attached hydrogens (tertiary/aromatic N) is 2. The maximum Gasteiger partial charge on any atom is 0.315 e. The van der Waals surface area contributed by atoms with Gasteiger partial charge in [0.05, 0.1) is 13.0 Å². The van der Waals surface area contributed by atoms with Crippen LogP contribution in [-0.2, 0) is 16.0 Å². The molecule has 2 aromatic carbocycles. The second-order valence-corrected chi connectivity index (χ2v) is 7.39. The van der Waals surface area contributed by atoms with Gasteiger partial charge in [-0.25, -0.2) is 8.78 Å². The zero-order valence-corrected chi connectivity index (χ0v) is 16.1. The molecule has 0 atom stereocenters. The van der Waals surface area contributed by atoms with Gasteiger partial charge in [-0.15, -0.1) is 0 Å². The van der Waals surface area contributed by atoms with E-state index in [0.29, 0.717) is 43.3 Å². The Balaban J connectivity index is 1.30. The van der Waals surface area contributed by atoms with Crippen molar-refractivity contribution >= 4 is 34.9 Å². The second-order valence-electron chi connectivity index (χ2n) is 7.01. The van der Waals surface area contributed by atoms with Gasteiger partial charge in [0.1, 0.15) is 22.4 Å². The molecule has 2 heterocycles. The van der Waals surface area contributed by atoms with Crippen LogP contribution in [0.2, 0.25) is 5.02 Å². The van der Waals surface area contributed by atoms with Gasteiger partial charge in [0.2, 0.25) is 5.91 Å². The van der Waals surface area contributed by atoms with Crippen LogP contribution in [0.25, 0.3) is 0 Å². The predicted molar refractivity (Wildman–Crippen MR) is 104 cm³/mol. The molecule has 9 heteroatoms. The highest BCUT2D eigenvalue weighted by Crippen LogP contribution is 2.29. The van der Waals surface area contributed by atoms with Gasteiger partial charge in [-0.3, -0.25) is 14.5 Å². The summed E-state index contributed by atoms with van der Waals surface area (Å²) in [6.07, 6.45) is 0.245. The van der Waals surface area contributed by atoms with Gasteiger partial charge in [-0.1, -0.05) is 17.7 Å². The zero-order valence-electron chi connectivity index (χ0n) is 15.4. The Bertz CT molecular complexity index is 954. The van der Waals surface area contributed by atoms with Crippen LogP contribution in [-0.4, -0.2) is 49.5 Å². The summed E-state index contributed by atoms with van der Waals surface area (Å²) in [7, 11) is 0. The van der Waals surface area contributed by atoms with Gasteiger partial charge in [0, 0.05) is 49.2 Å². The average Bonchev–Trinajstić information content (AvgIpc) is 3.05. The largest absolute Gasteiger partial charge is 0.426 e. The van der Waals surface area contributed by atoms with Crippen LogP contribution in [0.5, 0.6) is 5.75 Å². The van der Waals surface area contributed by atoms with Crippen LogP contribution in [0, 0.1) is 11.6 Å². The van der Waals surface area contributed by atoms with Crippen LogP contribution in [0.15, 0.2) is 30.3 Å². The van der Waals surface area contributed by atoms with Gasteiger partial charge in [0.15, 0.2) is 0 Å². The molecule has 0 aromatic heterocycles. The first-order valence-electron chi connectivity index (χ1n) is 9.14. The number of ether oxygens (including phenoxy) is 1. The number of amides is 1. The Morgan fingerprint density at radius 1 is 1.10 bits per heavy atom. The molecule has 152 valence electrons. The van der Waals surface area contributed by atoms with E-state index in [1.807, 2.05) is 9.80 Å². The van der Waals surface area contributed by atoms with Crippen LogP contribution in [0.3, 0.4) is 0 Å². The molecule has 0 radical (unpaired) electrons. The lowest BCUT2D eigenvalue weighted by atomic mass is 10.1. The lowest BCUT2D eigenvalue weighted by Crippen LogP contribution is -2.48. The summed E-state index contributed by atoms with van der Waals surface area (Å²) in [5.74, 6) is -1.59. The topological polar surface area (TPSA) is 61.9 Å². The molecule has 6 nitrogen and oxygen atoms in total. The monoisotopic (exact) mass is 421 g/mol. The second kappa shape index (κ2) is 7.96. The number of anilines is 2. The highest BCUT2D eigenvalue weighted by atomic mass is 35.5. The summed E-state index contributed by atoms with van der Waals surface area (Å²) in [6, 6.07) is 7.57. The number of rotatable bonds is 4. The number of hydrogen-bond acceptors (Lipinski definition) is 5. The van der Waals surface area contributed by atoms with E-state index in [4.69, 9.17) is 16.3 Å². The van der Waals surface area contributed by atoms with Crippen LogP contribution < -0.4 is 15.0 Å². The normalized spacial score (nSPS) is 16.5. The van der Waals surface area contributed by atoms with E-state index in [0.717, 1.165) is 5.56 Å². The molecule has 1 amide bonds. The average molecular weight is 422 g/mol. The van der Waals surface area contributed by atoms with Crippen LogP contribution in [0.1, 0.15) is 5.56 Å². The molecule has 2 aromatic rings. The number of fused-ring (bicyclic) bond motifs is 1. The number of esters is 1. The molecule has 0 aliphatic carbocycles. The highest BCUT2D eigenvalue weighted by Gasteiger charge is 2.23. The Morgan fingerprint density at radius 3 is 2.48 bits per heavy atom. The SMILES string of the molecule is O=C(CN1CCN(c2cc(F)c(Cl)c(F)c2)CC1)Nc1ccc2c(c1)OC(=O)C2. The predicted octanol–water partition coefficient (Wildman–Crippen LogP) is 2.84. The molecule has 0 unspecified atom stereocenters. The standard InChI is InChI=1S/C20H18ClF2N3O3/c21-20-15(22)9-14(10-16(20)23)26-5-3-25(4-6-26)11-18(27)24-13-2-1-12-7-19(28)29-17(12)8-13/h1-2,8-10H,3-7,11H2,(H,24,27). The summed E-state index contributed by atoms with van der Waals surface area (Å²) in [5, 5.41) is 2.29. The van der Waals surface area contributed by atoms with E-state index >= 15 is 0 Å². The number of hydrogen-bond donors (Lipinski definition) is 1. The van der Waals surface area contributed by atoms with Gasteiger partial charge >= 0.3 is 5.97 Å². The zero-order chi connectivity index (χ0) is 20.5. The van der Waals surface area contributed by atoms with Crippen molar-refractivity contribution < 1.29 is 23.1 Å². The molecule has 0 bridgehead atoms. The highest BCUT2D eigenvalue weighted by molar-refractivity contribution is 6.31. The molecule has 1 fully saturated rings. The number of carbonyl (C=O) groups excluding carboxylic acids is 2. The number of carbonyl (C=O) groups is 2. The lowest BCUT2D eigenvalue weighted by molar-refractivity contribution is -0.131. The van der Waals surface area contributed by atoms with E-state index in [-0.39, 0.29) is 24.8 Å². The van der Waals surface area contributed by atoms with Gasteiger partial charge in [-0.2, -0.15) is 0 Å². The molecule has 29 heavy (non-hydrogen) atoms. The Kier molecular flexibility index (Phi) is 5.38. The first-order chi connectivity index (χ1) is 13.9. The minimum absolute atomic E-state index is 0.189. The summed E-state index contributed by atoms with van der Waals surface area (Å²) in [6.45, 7) is 2.39. The number of halogens is 3. The Morgan fingerprint density at radius 2 is 1.79 bits per heavy atom. The number of piperazine rings is 1. The molecule has 4 rings (SSSR count). The summed E-state index contributed by atoms with van der Waals surface area (Å²) in [4.78, 5) is 27.5. The first kappa shape index (κ1) is 19.6. The molecule has 1 N–H and O–H groups in total. The number of benzene rings is 2. The summed E-state index contributed by atoms with van der Waals surface area (Å²) in [5.41, 5.74) is 1.80. The van der Waals surface area contributed by atoms with Crippen molar-refractivity contribution in [1.82, 2.24) is 4.90 Å². The summed E-state index contributed by atoms with van der Waals surface area (Å²) < 4.78 is 32.4. The third kappa shape index (κ3) is 4.33. The lowest BCUT2D eigenvalue weighted by Gasteiger charge is -2.35. The molecule has 2 aliphatic heterocycles. The van der Waals surface area contributed by atoms with Gasteiger partial charge in [0.25, 0.3) is 0 Å². The minimum Gasteiger partial charge on any atom is -0.426 e. The smallest absolute Gasteiger partial charge is 0.315 e.